The molecule has 0 bridgehead atoms. The number of fused-ring (bicyclic) bond motifs is 1. The Kier molecular flexibility index (Phi) is 7.49. The lowest BCUT2D eigenvalue weighted by atomic mass is 9.98. The van der Waals surface area contributed by atoms with Crippen molar-refractivity contribution in [3.05, 3.63) is 35.4 Å². The highest BCUT2D eigenvalue weighted by molar-refractivity contribution is 5.81. The molecule has 0 spiro atoms. The molecule has 170 valence electrons. The van der Waals surface area contributed by atoms with Gasteiger partial charge in [0.1, 0.15) is 0 Å². The number of amides is 1. The van der Waals surface area contributed by atoms with Crippen molar-refractivity contribution >= 4 is 11.9 Å². The van der Waals surface area contributed by atoms with E-state index in [4.69, 9.17) is 0 Å². The summed E-state index contributed by atoms with van der Waals surface area (Å²) in [5.74, 6) is 1.51. The Morgan fingerprint density at radius 3 is 2.68 bits per heavy atom. The Morgan fingerprint density at radius 2 is 1.94 bits per heavy atom. The van der Waals surface area contributed by atoms with Gasteiger partial charge in [-0.05, 0) is 43.2 Å². The van der Waals surface area contributed by atoms with E-state index in [1.165, 1.54) is 24.0 Å². The maximum absolute atomic E-state index is 12.7. The highest BCUT2D eigenvalue weighted by Gasteiger charge is 2.32. The highest BCUT2D eigenvalue weighted by Crippen LogP contribution is 2.28. The van der Waals surface area contributed by atoms with Crippen LogP contribution in [0.3, 0.4) is 0 Å². The van der Waals surface area contributed by atoms with Crippen LogP contribution in [0.1, 0.15) is 56.6 Å². The smallest absolute Gasteiger partial charge is 0.225 e. The minimum absolute atomic E-state index is 0.274. The fraction of sp³-hybridized carbons (Fsp3) is 0.680. The van der Waals surface area contributed by atoms with Gasteiger partial charge in [0, 0.05) is 57.8 Å². The molecular weight excluding hydrogens is 386 g/mol. The molecule has 0 radical (unpaired) electrons. The van der Waals surface area contributed by atoms with Crippen molar-refractivity contribution < 1.29 is 4.79 Å². The molecule has 4 rings (SSSR count). The number of benzene rings is 1. The van der Waals surface area contributed by atoms with Crippen LogP contribution in [0.2, 0.25) is 0 Å². The van der Waals surface area contributed by atoms with Crippen LogP contribution in [-0.4, -0.2) is 67.0 Å². The zero-order chi connectivity index (χ0) is 21.6. The second kappa shape index (κ2) is 10.5. The molecule has 6 nitrogen and oxygen atoms in total. The van der Waals surface area contributed by atoms with Gasteiger partial charge in [0.25, 0.3) is 0 Å². The van der Waals surface area contributed by atoms with Gasteiger partial charge in [0.2, 0.25) is 5.91 Å². The average Bonchev–Trinajstić information content (AvgIpc) is 3.50. The summed E-state index contributed by atoms with van der Waals surface area (Å²) in [4.78, 5) is 21.8. The van der Waals surface area contributed by atoms with Crippen molar-refractivity contribution in [2.75, 3.05) is 33.2 Å². The Bertz CT molecular complexity index is 773. The van der Waals surface area contributed by atoms with Crippen LogP contribution >= 0.6 is 0 Å². The molecule has 0 aromatic heterocycles. The van der Waals surface area contributed by atoms with Gasteiger partial charge >= 0.3 is 0 Å². The lowest BCUT2D eigenvalue weighted by Gasteiger charge is -2.35. The summed E-state index contributed by atoms with van der Waals surface area (Å²) in [5.41, 5.74) is 2.96. The first-order valence-corrected chi connectivity index (χ1v) is 12.2. The van der Waals surface area contributed by atoms with E-state index in [0.717, 1.165) is 70.8 Å². The second-order valence-corrected chi connectivity index (χ2v) is 9.40. The van der Waals surface area contributed by atoms with Crippen molar-refractivity contribution in [3.8, 4) is 0 Å². The molecule has 6 heteroatoms. The molecule has 1 aliphatic carbocycles. The minimum Gasteiger partial charge on any atom is -0.355 e. The molecule has 2 heterocycles. The molecule has 2 fully saturated rings. The lowest BCUT2D eigenvalue weighted by Crippen LogP contribution is -2.50. The predicted octanol–water partition coefficient (Wildman–Crippen LogP) is 2.78. The number of guanidine groups is 1. The van der Waals surface area contributed by atoms with Crippen molar-refractivity contribution in [3.63, 3.8) is 0 Å². The largest absolute Gasteiger partial charge is 0.355 e. The zero-order valence-electron chi connectivity index (χ0n) is 19.3. The summed E-state index contributed by atoms with van der Waals surface area (Å²) in [6, 6.07) is 9.60. The summed E-state index contributed by atoms with van der Waals surface area (Å²) in [6.07, 6.45) is 7.82. The van der Waals surface area contributed by atoms with Crippen LogP contribution < -0.4 is 10.6 Å². The van der Waals surface area contributed by atoms with Crippen molar-refractivity contribution in [2.45, 2.75) is 70.5 Å². The van der Waals surface area contributed by atoms with Gasteiger partial charge in [-0.2, -0.15) is 0 Å². The maximum Gasteiger partial charge on any atom is 0.225 e. The predicted molar refractivity (Wildman–Crippen MR) is 126 cm³/mol. The number of carbonyl (C=O) groups is 1. The van der Waals surface area contributed by atoms with E-state index in [1.807, 2.05) is 7.05 Å². The summed E-state index contributed by atoms with van der Waals surface area (Å²) in [6.45, 7) is 6.97. The Balaban J connectivity index is 1.25. The maximum atomic E-state index is 12.7. The lowest BCUT2D eigenvalue weighted by molar-refractivity contribution is -0.134. The first-order valence-electron chi connectivity index (χ1n) is 12.2. The normalized spacial score (nSPS) is 23.6. The van der Waals surface area contributed by atoms with Gasteiger partial charge in [0.05, 0.1) is 0 Å². The van der Waals surface area contributed by atoms with Crippen molar-refractivity contribution in [1.82, 2.24) is 20.4 Å². The molecule has 1 aromatic rings. The molecule has 1 saturated heterocycles. The Labute approximate surface area is 187 Å². The molecule has 3 aliphatic rings. The number of aliphatic imine (C=N–C) groups is 1. The Morgan fingerprint density at radius 1 is 1.16 bits per heavy atom. The monoisotopic (exact) mass is 425 g/mol. The number of hydrogen-bond acceptors (Lipinski definition) is 3. The number of carbonyl (C=O) groups excluding carboxylic acids is 1. The van der Waals surface area contributed by atoms with Crippen LogP contribution in [0.15, 0.2) is 29.3 Å². The average molecular weight is 426 g/mol. The second-order valence-electron chi connectivity index (χ2n) is 9.40. The SMILES string of the molecule is CCC(CNC(=NC)NC1CCN(C(=O)C2CCCC2)C1)N1CCc2ccccc2C1. The third-order valence-corrected chi connectivity index (χ3v) is 7.42. The molecule has 1 amide bonds. The molecule has 31 heavy (non-hydrogen) atoms. The first kappa shape index (κ1) is 22.1. The third kappa shape index (κ3) is 5.40. The fourth-order valence-electron chi connectivity index (χ4n) is 5.47. The number of hydrogen-bond donors (Lipinski definition) is 2. The van der Waals surface area contributed by atoms with Gasteiger partial charge in [-0.1, -0.05) is 44.0 Å². The number of nitrogens with one attached hydrogen (secondary N) is 2. The number of likely N-dealkylation sites (tertiary alicyclic amines) is 1. The molecule has 2 unspecified atom stereocenters. The minimum atomic E-state index is 0.274. The van der Waals surface area contributed by atoms with Crippen LogP contribution in [0.5, 0.6) is 0 Å². The van der Waals surface area contributed by atoms with E-state index in [-0.39, 0.29) is 5.92 Å². The summed E-state index contributed by atoms with van der Waals surface area (Å²) < 4.78 is 0. The first-order chi connectivity index (χ1) is 15.2. The summed E-state index contributed by atoms with van der Waals surface area (Å²) in [7, 11) is 1.84. The van der Waals surface area contributed by atoms with Crippen LogP contribution in [0.25, 0.3) is 0 Å². The molecule has 2 N–H and O–H groups in total. The van der Waals surface area contributed by atoms with Gasteiger partial charge in [0.15, 0.2) is 5.96 Å². The number of rotatable bonds is 6. The van der Waals surface area contributed by atoms with Crippen molar-refractivity contribution in [1.29, 1.82) is 0 Å². The van der Waals surface area contributed by atoms with Gasteiger partial charge < -0.3 is 15.5 Å². The van der Waals surface area contributed by atoms with E-state index in [0.29, 0.717) is 18.0 Å². The van der Waals surface area contributed by atoms with Crippen LogP contribution in [-0.2, 0) is 17.8 Å². The van der Waals surface area contributed by atoms with E-state index < -0.39 is 0 Å². The van der Waals surface area contributed by atoms with Gasteiger partial charge in [-0.3, -0.25) is 14.7 Å². The standard InChI is InChI=1S/C25H39N5O/c1-3-23(29-14-12-19-8-4-7-11-21(19)17-29)16-27-25(26-2)28-22-13-15-30(18-22)24(31)20-9-5-6-10-20/h4,7-8,11,20,22-23H,3,5-6,9-10,12-18H2,1-2H3,(H2,26,27,28). The van der Waals surface area contributed by atoms with Gasteiger partial charge in [-0.25, -0.2) is 0 Å². The van der Waals surface area contributed by atoms with E-state index in [1.54, 1.807) is 0 Å². The third-order valence-electron chi connectivity index (χ3n) is 7.42. The molecule has 2 atom stereocenters. The zero-order valence-corrected chi connectivity index (χ0v) is 19.3. The van der Waals surface area contributed by atoms with Gasteiger partial charge in [-0.15, -0.1) is 0 Å². The molecular formula is C25H39N5O. The van der Waals surface area contributed by atoms with E-state index >= 15 is 0 Å². The van der Waals surface area contributed by atoms with Crippen molar-refractivity contribution in [2.24, 2.45) is 10.9 Å². The molecule has 2 aliphatic heterocycles. The molecule has 1 aromatic carbocycles. The fourth-order valence-corrected chi connectivity index (χ4v) is 5.47. The summed E-state index contributed by atoms with van der Waals surface area (Å²) >= 11 is 0. The van der Waals surface area contributed by atoms with Crippen LogP contribution in [0, 0.1) is 5.92 Å². The topological polar surface area (TPSA) is 60.0 Å². The van der Waals surface area contributed by atoms with E-state index in [9.17, 15) is 4.79 Å². The van der Waals surface area contributed by atoms with E-state index in [2.05, 4.69) is 56.6 Å². The summed E-state index contributed by atoms with van der Waals surface area (Å²) in [5, 5.41) is 7.13. The Hall–Kier alpha value is -2.08. The van der Waals surface area contributed by atoms with Crippen LogP contribution in [0.4, 0.5) is 0 Å². The highest BCUT2D eigenvalue weighted by atomic mass is 16.2. The quantitative estimate of drug-likeness (QED) is 0.544. The number of nitrogens with zero attached hydrogens (tertiary/aromatic N) is 3. The molecule has 1 saturated carbocycles.